The lowest BCUT2D eigenvalue weighted by Gasteiger charge is -2.18. The number of carbonyl (C=O) groups excluding carboxylic acids is 2. The van der Waals surface area contributed by atoms with Gasteiger partial charge < -0.3 is 10.1 Å². The molecule has 1 aromatic heterocycles. The van der Waals surface area contributed by atoms with Crippen molar-refractivity contribution < 1.29 is 22.7 Å². The lowest BCUT2D eigenvalue weighted by atomic mass is 10.2. The minimum atomic E-state index is -3.51. The number of rotatable bonds is 8. The molecule has 0 fully saturated rings. The number of anilines is 1. The highest BCUT2D eigenvalue weighted by Crippen LogP contribution is 2.23. The Morgan fingerprint density at radius 3 is 2.36 bits per heavy atom. The van der Waals surface area contributed by atoms with Gasteiger partial charge in [0.05, 0.1) is 17.7 Å². The fourth-order valence-electron chi connectivity index (χ4n) is 2.47. The lowest BCUT2D eigenvalue weighted by molar-refractivity contribution is -0.111. The molecule has 0 spiro atoms. The topological polar surface area (TPSA) is 92.8 Å². The van der Waals surface area contributed by atoms with Crippen LogP contribution in [0.1, 0.15) is 29.1 Å². The van der Waals surface area contributed by atoms with E-state index >= 15 is 0 Å². The smallest absolute Gasteiger partial charge is 0.350 e. The van der Waals surface area contributed by atoms with Gasteiger partial charge in [0.15, 0.2) is 0 Å². The fraction of sp³-hybridized carbons (Fsp3) is 0.263. The molecule has 0 saturated carbocycles. The molecule has 1 heterocycles. The van der Waals surface area contributed by atoms with Crippen molar-refractivity contribution in [3.05, 3.63) is 52.2 Å². The first kappa shape index (κ1) is 21.8. The molecular formula is C19H22N2O5S2. The van der Waals surface area contributed by atoms with Crippen LogP contribution in [0.2, 0.25) is 0 Å². The Labute approximate surface area is 168 Å². The predicted octanol–water partition coefficient (Wildman–Crippen LogP) is 3.22. The molecule has 2 rings (SSSR count). The van der Waals surface area contributed by atoms with Gasteiger partial charge in [0, 0.05) is 19.2 Å². The third-order valence-corrected chi connectivity index (χ3v) is 6.90. The molecule has 0 radical (unpaired) electrons. The molecule has 0 aliphatic carbocycles. The minimum absolute atomic E-state index is 0.207. The number of carbonyl (C=O) groups is 2. The summed E-state index contributed by atoms with van der Waals surface area (Å²) in [4.78, 5) is 24.2. The Balaban J connectivity index is 2.08. The number of hydrogen-bond acceptors (Lipinski definition) is 6. The van der Waals surface area contributed by atoms with Gasteiger partial charge in [-0.25, -0.2) is 13.2 Å². The molecule has 1 N–H and O–H groups in total. The molecule has 0 atom stereocenters. The van der Waals surface area contributed by atoms with Gasteiger partial charge in [0.2, 0.25) is 15.9 Å². The predicted molar refractivity (Wildman–Crippen MR) is 110 cm³/mol. The van der Waals surface area contributed by atoms with Crippen LogP contribution in [0.5, 0.6) is 0 Å². The van der Waals surface area contributed by atoms with Gasteiger partial charge in [-0.05, 0) is 35.2 Å². The van der Waals surface area contributed by atoms with Crippen molar-refractivity contribution in [2.75, 3.05) is 25.5 Å². The van der Waals surface area contributed by atoms with Gasteiger partial charge in [-0.1, -0.05) is 26.0 Å². The Hall–Kier alpha value is -2.49. The van der Waals surface area contributed by atoms with E-state index in [4.69, 9.17) is 0 Å². The van der Waals surface area contributed by atoms with Crippen LogP contribution in [0, 0.1) is 0 Å². The van der Waals surface area contributed by atoms with Crippen LogP contribution < -0.4 is 5.32 Å². The summed E-state index contributed by atoms with van der Waals surface area (Å²) in [6.07, 6.45) is 2.87. The number of sulfonamides is 1. The fourth-order valence-corrected chi connectivity index (χ4v) is 4.69. The first-order chi connectivity index (χ1) is 13.3. The van der Waals surface area contributed by atoms with E-state index < -0.39 is 21.9 Å². The van der Waals surface area contributed by atoms with Crippen molar-refractivity contribution in [1.82, 2.24) is 4.31 Å². The normalized spacial score (nSPS) is 11.7. The molecule has 150 valence electrons. The maximum absolute atomic E-state index is 12.5. The third kappa shape index (κ3) is 5.06. The van der Waals surface area contributed by atoms with E-state index in [1.165, 1.54) is 41.0 Å². The third-order valence-electron chi connectivity index (χ3n) is 3.94. The highest BCUT2D eigenvalue weighted by molar-refractivity contribution is 7.89. The number of nitrogens with zero attached hydrogens (tertiary/aromatic N) is 1. The van der Waals surface area contributed by atoms with Crippen molar-refractivity contribution in [3.8, 4) is 0 Å². The molecule has 2 aromatic rings. The number of methoxy groups -OCH3 is 1. The van der Waals surface area contributed by atoms with E-state index in [1.807, 2.05) is 0 Å². The molecule has 1 aromatic carbocycles. The summed E-state index contributed by atoms with van der Waals surface area (Å²) in [7, 11) is -2.24. The van der Waals surface area contributed by atoms with Gasteiger partial charge in [0.1, 0.15) is 4.88 Å². The largest absolute Gasteiger partial charge is 0.465 e. The molecule has 0 bridgehead atoms. The quantitative estimate of drug-likeness (QED) is 0.521. The van der Waals surface area contributed by atoms with Crippen molar-refractivity contribution >= 4 is 45.0 Å². The van der Waals surface area contributed by atoms with E-state index in [-0.39, 0.29) is 4.90 Å². The molecule has 1 amide bonds. The monoisotopic (exact) mass is 422 g/mol. The van der Waals surface area contributed by atoms with E-state index in [2.05, 4.69) is 10.1 Å². The van der Waals surface area contributed by atoms with E-state index in [1.54, 1.807) is 43.5 Å². The number of amides is 1. The van der Waals surface area contributed by atoms with Gasteiger partial charge in [-0.15, -0.1) is 11.3 Å². The highest BCUT2D eigenvalue weighted by Gasteiger charge is 2.21. The van der Waals surface area contributed by atoms with Crippen LogP contribution in [0.3, 0.4) is 0 Å². The van der Waals surface area contributed by atoms with Crippen LogP contribution in [0.25, 0.3) is 6.08 Å². The average molecular weight is 423 g/mol. The summed E-state index contributed by atoms with van der Waals surface area (Å²) in [5.74, 6) is -0.928. The minimum Gasteiger partial charge on any atom is -0.465 e. The standard InChI is InChI=1S/C19H22N2O5S2/c1-4-21(5-2)28(24,25)15-9-6-14(7-10-15)8-11-17(22)20-16-12-13-27-18(16)19(23)26-3/h6-13H,4-5H2,1-3H3,(H,20,22)/b11-8+. The first-order valence-corrected chi connectivity index (χ1v) is 10.9. The van der Waals surface area contributed by atoms with Crippen LogP contribution in [0.4, 0.5) is 5.69 Å². The maximum Gasteiger partial charge on any atom is 0.350 e. The van der Waals surface area contributed by atoms with Gasteiger partial charge >= 0.3 is 5.97 Å². The van der Waals surface area contributed by atoms with Crippen LogP contribution in [0.15, 0.2) is 46.7 Å². The average Bonchev–Trinajstić information content (AvgIpc) is 3.15. The summed E-state index contributed by atoms with van der Waals surface area (Å²) in [5.41, 5.74) is 1.05. The van der Waals surface area contributed by atoms with E-state index in [0.29, 0.717) is 29.2 Å². The Morgan fingerprint density at radius 1 is 1.14 bits per heavy atom. The van der Waals surface area contributed by atoms with Crippen LogP contribution in [-0.4, -0.2) is 44.8 Å². The van der Waals surface area contributed by atoms with Gasteiger partial charge in [-0.3, -0.25) is 4.79 Å². The zero-order chi connectivity index (χ0) is 20.7. The summed E-state index contributed by atoms with van der Waals surface area (Å²) in [6.45, 7) is 4.37. The number of benzene rings is 1. The number of nitrogens with one attached hydrogen (secondary N) is 1. The van der Waals surface area contributed by atoms with Crippen LogP contribution >= 0.6 is 11.3 Å². The number of ether oxygens (including phenoxy) is 1. The van der Waals surface area contributed by atoms with E-state index in [0.717, 1.165) is 0 Å². The summed E-state index contributed by atoms with van der Waals surface area (Å²) < 4.78 is 31.0. The second kappa shape index (κ2) is 9.63. The molecule has 0 saturated heterocycles. The Bertz CT molecular complexity index is 958. The second-order valence-electron chi connectivity index (χ2n) is 5.64. The van der Waals surface area contributed by atoms with E-state index in [9.17, 15) is 18.0 Å². The highest BCUT2D eigenvalue weighted by atomic mass is 32.2. The molecular weight excluding hydrogens is 400 g/mol. The molecule has 0 aliphatic rings. The molecule has 0 unspecified atom stereocenters. The van der Waals surface area contributed by atoms with Gasteiger partial charge in [0.25, 0.3) is 0 Å². The Kier molecular flexibility index (Phi) is 7.50. The van der Waals surface area contributed by atoms with Crippen molar-refractivity contribution in [1.29, 1.82) is 0 Å². The van der Waals surface area contributed by atoms with Gasteiger partial charge in [-0.2, -0.15) is 4.31 Å². The summed E-state index contributed by atoms with van der Waals surface area (Å²) in [5, 5.41) is 4.30. The van der Waals surface area contributed by atoms with Crippen molar-refractivity contribution in [3.63, 3.8) is 0 Å². The second-order valence-corrected chi connectivity index (χ2v) is 8.49. The Morgan fingerprint density at radius 2 is 1.79 bits per heavy atom. The zero-order valence-corrected chi connectivity index (χ0v) is 17.5. The molecule has 0 aliphatic heterocycles. The molecule has 9 heteroatoms. The summed E-state index contributed by atoms with van der Waals surface area (Å²) >= 11 is 1.17. The maximum atomic E-state index is 12.5. The van der Waals surface area contributed by atoms with Crippen molar-refractivity contribution in [2.45, 2.75) is 18.7 Å². The lowest BCUT2D eigenvalue weighted by Crippen LogP contribution is -2.30. The first-order valence-electron chi connectivity index (χ1n) is 8.58. The summed E-state index contributed by atoms with van der Waals surface area (Å²) in [6, 6.07) is 7.91. The zero-order valence-electron chi connectivity index (χ0n) is 15.8. The number of thiophene rings is 1. The van der Waals surface area contributed by atoms with Crippen LogP contribution in [-0.2, 0) is 19.6 Å². The molecule has 28 heavy (non-hydrogen) atoms. The number of esters is 1. The van der Waals surface area contributed by atoms with Crippen molar-refractivity contribution in [2.24, 2.45) is 0 Å². The number of hydrogen-bond donors (Lipinski definition) is 1. The molecule has 7 nitrogen and oxygen atoms in total. The SMILES string of the molecule is CCN(CC)S(=O)(=O)c1ccc(/C=C/C(=O)Nc2ccsc2C(=O)OC)cc1.